The summed E-state index contributed by atoms with van der Waals surface area (Å²) in [6.07, 6.45) is -0.130. The number of carboxylic acids is 1. The van der Waals surface area contributed by atoms with Crippen molar-refractivity contribution >= 4 is 5.97 Å². The number of aliphatic hydroxyl groups excluding tert-OH is 1. The van der Waals surface area contributed by atoms with Gasteiger partial charge in [0.2, 0.25) is 0 Å². The van der Waals surface area contributed by atoms with E-state index in [2.05, 4.69) is 0 Å². The molecule has 5 nitrogen and oxygen atoms in total. The van der Waals surface area contributed by atoms with Crippen LogP contribution < -0.4 is 9.47 Å². The summed E-state index contributed by atoms with van der Waals surface area (Å²) in [4.78, 5) is 11.0. The van der Waals surface area contributed by atoms with Crippen LogP contribution in [0.15, 0.2) is 12.1 Å². The number of benzene rings is 1. The van der Waals surface area contributed by atoms with Crippen molar-refractivity contribution in [2.45, 2.75) is 18.9 Å². The number of carboxylic acid groups (broad SMARTS) is 1. The van der Waals surface area contributed by atoms with Crippen LogP contribution in [0.4, 0.5) is 0 Å². The van der Waals surface area contributed by atoms with Crippen LogP contribution in [0, 0.1) is 5.92 Å². The summed E-state index contributed by atoms with van der Waals surface area (Å²) in [5.74, 6) is -0.335. The molecule has 0 amide bonds. The highest BCUT2D eigenvalue weighted by Gasteiger charge is 2.31. The Morgan fingerprint density at radius 2 is 1.89 bits per heavy atom. The van der Waals surface area contributed by atoms with E-state index in [1.165, 1.54) is 14.2 Å². The van der Waals surface area contributed by atoms with Gasteiger partial charge in [-0.15, -0.1) is 0 Å². The van der Waals surface area contributed by atoms with Gasteiger partial charge in [0.1, 0.15) is 0 Å². The van der Waals surface area contributed by atoms with Gasteiger partial charge in [-0.05, 0) is 36.1 Å². The number of aliphatic hydroxyl groups is 1. The van der Waals surface area contributed by atoms with E-state index >= 15 is 0 Å². The molecule has 0 aliphatic heterocycles. The van der Waals surface area contributed by atoms with Crippen LogP contribution in [0.25, 0.3) is 0 Å². The molecule has 1 aromatic rings. The van der Waals surface area contributed by atoms with Crippen LogP contribution in [-0.2, 0) is 11.2 Å². The summed E-state index contributed by atoms with van der Waals surface area (Å²) in [5.41, 5.74) is 1.53. The number of rotatable bonds is 3. The van der Waals surface area contributed by atoms with Gasteiger partial charge in [0, 0.05) is 0 Å². The molecule has 0 fully saturated rings. The Morgan fingerprint density at radius 1 is 1.28 bits per heavy atom. The predicted octanol–water partition coefficient (Wildman–Crippen LogP) is 1.38. The number of methoxy groups -OCH3 is 2. The van der Waals surface area contributed by atoms with Crippen LogP contribution in [0.3, 0.4) is 0 Å². The predicted molar refractivity (Wildman–Crippen MR) is 64.0 cm³/mol. The summed E-state index contributed by atoms with van der Waals surface area (Å²) >= 11 is 0. The molecular formula is C13H16O5. The fraction of sp³-hybridized carbons (Fsp3) is 0.462. The lowest BCUT2D eigenvalue weighted by atomic mass is 9.82. The highest BCUT2D eigenvalue weighted by molar-refractivity contribution is 5.71. The van der Waals surface area contributed by atoms with E-state index in [-0.39, 0.29) is 6.42 Å². The third-order valence-corrected chi connectivity index (χ3v) is 3.33. The average Bonchev–Trinajstić information content (AvgIpc) is 2.36. The molecule has 5 heteroatoms. The van der Waals surface area contributed by atoms with Gasteiger partial charge in [0.25, 0.3) is 0 Å². The van der Waals surface area contributed by atoms with Gasteiger partial charge in [-0.25, -0.2) is 0 Å². The van der Waals surface area contributed by atoms with E-state index < -0.39 is 18.0 Å². The average molecular weight is 252 g/mol. The van der Waals surface area contributed by atoms with Gasteiger partial charge in [-0.2, -0.15) is 0 Å². The van der Waals surface area contributed by atoms with Crippen LogP contribution >= 0.6 is 0 Å². The first-order valence-electron chi connectivity index (χ1n) is 5.72. The number of hydrogen-bond donors (Lipinski definition) is 2. The molecule has 0 saturated heterocycles. The van der Waals surface area contributed by atoms with Gasteiger partial charge in [-0.1, -0.05) is 0 Å². The number of carbonyl (C=O) groups is 1. The Hall–Kier alpha value is -1.75. The van der Waals surface area contributed by atoms with Crippen molar-refractivity contribution in [3.8, 4) is 11.5 Å². The minimum Gasteiger partial charge on any atom is -0.493 e. The van der Waals surface area contributed by atoms with Crippen molar-refractivity contribution in [3.05, 3.63) is 23.3 Å². The standard InChI is InChI=1S/C13H16O5/c1-17-11-5-7-3-8(13(15)16)4-10(14)9(7)6-12(11)18-2/h5-6,8,10,14H,3-4H2,1-2H3,(H,15,16). The zero-order chi connectivity index (χ0) is 13.3. The molecule has 0 radical (unpaired) electrons. The molecule has 2 N–H and O–H groups in total. The summed E-state index contributed by atoms with van der Waals surface area (Å²) < 4.78 is 10.4. The van der Waals surface area contributed by atoms with Crippen LogP contribution in [-0.4, -0.2) is 30.4 Å². The lowest BCUT2D eigenvalue weighted by Crippen LogP contribution is -2.25. The molecule has 2 unspecified atom stereocenters. The van der Waals surface area contributed by atoms with Crippen LogP contribution in [0.5, 0.6) is 11.5 Å². The Labute approximate surface area is 105 Å². The number of fused-ring (bicyclic) bond motifs is 1. The van der Waals surface area contributed by atoms with Crippen LogP contribution in [0.2, 0.25) is 0 Å². The first kappa shape index (κ1) is 12.7. The smallest absolute Gasteiger partial charge is 0.306 e. The molecule has 2 atom stereocenters. The van der Waals surface area contributed by atoms with Gasteiger partial charge >= 0.3 is 5.97 Å². The summed E-state index contributed by atoms with van der Waals surface area (Å²) in [6.45, 7) is 0. The van der Waals surface area contributed by atoms with Gasteiger partial charge < -0.3 is 19.7 Å². The van der Waals surface area contributed by atoms with E-state index in [4.69, 9.17) is 14.6 Å². The minimum atomic E-state index is -0.880. The number of hydrogen-bond acceptors (Lipinski definition) is 4. The maximum absolute atomic E-state index is 11.0. The molecule has 1 aliphatic rings. The van der Waals surface area contributed by atoms with E-state index in [0.717, 1.165) is 11.1 Å². The second-order valence-corrected chi connectivity index (χ2v) is 4.40. The van der Waals surface area contributed by atoms with Crippen LogP contribution in [0.1, 0.15) is 23.7 Å². The third kappa shape index (κ3) is 2.13. The van der Waals surface area contributed by atoms with E-state index in [9.17, 15) is 9.90 Å². The van der Waals surface area contributed by atoms with Crippen molar-refractivity contribution in [2.75, 3.05) is 14.2 Å². The molecule has 0 aromatic heterocycles. The Morgan fingerprint density at radius 3 is 2.44 bits per heavy atom. The van der Waals surface area contributed by atoms with E-state index in [1.807, 2.05) is 0 Å². The quantitative estimate of drug-likeness (QED) is 0.850. The maximum Gasteiger partial charge on any atom is 0.306 e. The van der Waals surface area contributed by atoms with Gasteiger partial charge in [0.05, 0.1) is 26.2 Å². The molecular weight excluding hydrogens is 236 g/mol. The van der Waals surface area contributed by atoms with E-state index in [1.54, 1.807) is 12.1 Å². The van der Waals surface area contributed by atoms with Gasteiger partial charge in [0.15, 0.2) is 11.5 Å². The number of aliphatic carboxylic acids is 1. The van der Waals surface area contributed by atoms with Crippen molar-refractivity contribution < 1.29 is 24.5 Å². The first-order chi connectivity index (χ1) is 8.56. The van der Waals surface area contributed by atoms with Crippen molar-refractivity contribution in [1.82, 2.24) is 0 Å². The summed E-state index contributed by atoms with van der Waals surface area (Å²) in [7, 11) is 3.05. The Kier molecular flexibility index (Phi) is 3.43. The maximum atomic E-state index is 11.0. The second-order valence-electron chi connectivity index (χ2n) is 4.40. The molecule has 0 saturated carbocycles. The largest absolute Gasteiger partial charge is 0.493 e. The molecule has 2 rings (SSSR count). The van der Waals surface area contributed by atoms with E-state index in [0.29, 0.717) is 17.9 Å². The fourth-order valence-corrected chi connectivity index (χ4v) is 2.36. The Balaban J connectivity index is 2.43. The summed E-state index contributed by atoms with van der Waals surface area (Å²) in [5, 5.41) is 19.0. The lowest BCUT2D eigenvalue weighted by molar-refractivity contribution is -0.143. The van der Waals surface area contributed by atoms with Crippen molar-refractivity contribution in [3.63, 3.8) is 0 Å². The zero-order valence-corrected chi connectivity index (χ0v) is 10.3. The lowest BCUT2D eigenvalue weighted by Gasteiger charge is -2.27. The normalized spacial score (nSPS) is 22.2. The minimum absolute atomic E-state index is 0.234. The number of ether oxygens (including phenoxy) is 2. The van der Waals surface area contributed by atoms with Crippen molar-refractivity contribution in [2.24, 2.45) is 5.92 Å². The molecule has 18 heavy (non-hydrogen) atoms. The SMILES string of the molecule is COc1cc2c(cc1OC)C(O)CC(C(=O)O)C2. The molecule has 98 valence electrons. The molecule has 0 heterocycles. The van der Waals surface area contributed by atoms with Gasteiger partial charge in [-0.3, -0.25) is 4.79 Å². The Bertz CT molecular complexity index is 469. The first-order valence-corrected chi connectivity index (χ1v) is 5.72. The molecule has 1 aliphatic carbocycles. The second kappa shape index (κ2) is 4.86. The monoisotopic (exact) mass is 252 g/mol. The molecule has 0 bridgehead atoms. The third-order valence-electron chi connectivity index (χ3n) is 3.33. The summed E-state index contributed by atoms with van der Waals surface area (Å²) in [6, 6.07) is 3.46. The highest BCUT2D eigenvalue weighted by atomic mass is 16.5. The topological polar surface area (TPSA) is 76.0 Å². The highest BCUT2D eigenvalue weighted by Crippen LogP contribution is 2.39. The molecule has 1 aromatic carbocycles. The van der Waals surface area contributed by atoms with Crippen molar-refractivity contribution in [1.29, 1.82) is 0 Å². The fourth-order valence-electron chi connectivity index (χ4n) is 2.36. The zero-order valence-electron chi connectivity index (χ0n) is 10.3. The molecule has 0 spiro atoms.